The van der Waals surface area contributed by atoms with E-state index < -0.39 is 0 Å². The second-order valence-corrected chi connectivity index (χ2v) is 5.01. The average Bonchev–Trinajstić information content (AvgIpc) is 2.17. The Kier molecular flexibility index (Phi) is 10.0. The van der Waals surface area contributed by atoms with Crippen molar-refractivity contribution >= 4 is 11.8 Å². The van der Waals surface area contributed by atoms with Gasteiger partial charge in [-0.1, -0.05) is 13.8 Å². The lowest BCUT2D eigenvalue weighted by Crippen LogP contribution is -2.39. The molecule has 0 aromatic rings. The van der Waals surface area contributed by atoms with E-state index in [1.54, 1.807) is 7.11 Å². The molecule has 2 unspecified atom stereocenters. The molecule has 0 aromatic heterocycles. The summed E-state index contributed by atoms with van der Waals surface area (Å²) >= 11 is 2.01. The second-order valence-electron chi connectivity index (χ2n) is 3.61. The number of ether oxygens (including phenoxy) is 1. The number of hydrogen-bond acceptors (Lipinski definition) is 3. The van der Waals surface area contributed by atoms with E-state index >= 15 is 0 Å². The third-order valence-electron chi connectivity index (χ3n) is 2.28. The van der Waals surface area contributed by atoms with Gasteiger partial charge in [0.2, 0.25) is 0 Å². The van der Waals surface area contributed by atoms with Crippen LogP contribution in [0.25, 0.3) is 0 Å². The Hall–Kier alpha value is 0.270. The third-order valence-corrected chi connectivity index (χ3v) is 3.21. The van der Waals surface area contributed by atoms with Gasteiger partial charge in [0.15, 0.2) is 0 Å². The van der Waals surface area contributed by atoms with Crippen LogP contribution in [0, 0.1) is 0 Å². The van der Waals surface area contributed by atoms with Crippen molar-refractivity contribution in [2.24, 2.45) is 0 Å². The minimum atomic E-state index is 0.515. The summed E-state index contributed by atoms with van der Waals surface area (Å²) in [5.41, 5.74) is 0. The van der Waals surface area contributed by atoms with Gasteiger partial charge in [0.05, 0.1) is 6.61 Å². The Morgan fingerprint density at radius 3 is 2.57 bits per heavy atom. The number of thioether (sulfide) groups is 1. The first-order chi connectivity index (χ1) is 6.74. The largest absolute Gasteiger partial charge is 0.383 e. The van der Waals surface area contributed by atoms with Gasteiger partial charge < -0.3 is 10.1 Å². The summed E-state index contributed by atoms with van der Waals surface area (Å²) in [5.74, 6) is 2.48. The Morgan fingerprint density at radius 1 is 1.36 bits per heavy atom. The van der Waals surface area contributed by atoms with E-state index in [1.807, 2.05) is 11.8 Å². The van der Waals surface area contributed by atoms with Crippen LogP contribution < -0.4 is 5.32 Å². The highest BCUT2D eigenvalue weighted by Gasteiger charge is 2.09. The molecular formula is C11H25NOS. The minimum Gasteiger partial charge on any atom is -0.383 e. The first-order valence-corrected chi connectivity index (χ1v) is 6.72. The van der Waals surface area contributed by atoms with Gasteiger partial charge >= 0.3 is 0 Å². The van der Waals surface area contributed by atoms with Crippen molar-refractivity contribution < 1.29 is 4.74 Å². The zero-order valence-corrected chi connectivity index (χ0v) is 10.8. The second kappa shape index (κ2) is 9.81. The Morgan fingerprint density at radius 2 is 2.07 bits per heavy atom. The first-order valence-electron chi connectivity index (χ1n) is 5.57. The van der Waals surface area contributed by atoms with E-state index in [9.17, 15) is 0 Å². The molecule has 0 amide bonds. The van der Waals surface area contributed by atoms with Crippen LogP contribution in [-0.2, 0) is 4.74 Å². The van der Waals surface area contributed by atoms with Crippen LogP contribution in [-0.4, -0.2) is 37.3 Å². The molecule has 14 heavy (non-hydrogen) atoms. The summed E-state index contributed by atoms with van der Waals surface area (Å²) in [6.07, 6.45) is 2.39. The molecule has 2 atom stereocenters. The molecule has 1 N–H and O–H groups in total. The molecule has 0 rings (SSSR count). The quantitative estimate of drug-likeness (QED) is 0.602. The van der Waals surface area contributed by atoms with E-state index in [0.717, 1.165) is 13.0 Å². The molecule has 0 aromatic carbocycles. The van der Waals surface area contributed by atoms with E-state index in [4.69, 9.17) is 4.74 Å². The van der Waals surface area contributed by atoms with Crippen LogP contribution in [0.2, 0.25) is 0 Å². The van der Waals surface area contributed by atoms with Crippen molar-refractivity contribution in [2.75, 3.05) is 25.2 Å². The number of rotatable bonds is 9. The van der Waals surface area contributed by atoms with Gasteiger partial charge in [-0.2, -0.15) is 11.8 Å². The number of hydrogen-bond donors (Lipinski definition) is 1. The normalized spacial score (nSPS) is 15.4. The van der Waals surface area contributed by atoms with E-state index in [0.29, 0.717) is 12.1 Å². The molecule has 2 nitrogen and oxygen atoms in total. The van der Waals surface area contributed by atoms with Gasteiger partial charge in [-0.3, -0.25) is 0 Å². The molecule has 0 radical (unpaired) electrons. The Bertz CT molecular complexity index is 122. The summed E-state index contributed by atoms with van der Waals surface area (Å²) in [6, 6.07) is 1.12. The fourth-order valence-corrected chi connectivity index (χ4v) is 2.18. The minimum absolute atomic E-state index is 0.515. The molecule has 0 spiro atoms. The van der Waals surface area contributed by atoms with Crippen LogP contribution in [0.1, 0.15) is 33.6 Å². The van der Waals surface area contributed by atoms with Crippen molar-refractivity contribution in [3.8, 4) is 0 Å². The Labute approximate surface area is 93.2 Å². The van der Waals surface area contributed by atoms with Crippen LogP contribution >= 0.6 is 11.8 Å². The van der Waals surface area contributed by atoms with Crippen molar-refractivity contribution in [3.63, 3.8) is 0 Å². The fourth-order valence-electron chi connectivity index (χ4n) is 1.38. The van der Waals surface area contributed by atoms with E-state index in [2.05, 4.69) is 26.1 Å². The predicted octanol–water partition coefficient (Wildman–Crippen LogP) is 2.53. The summed E-state index contributed by atoms with van der Waals surface area (Å²) in [5, 5.41) is 3.59. The molecule has 0 aliphatic carbocycles. The van der Waals surface area contributed by atoms with Crippen LogP contribution in [0.15, 0.2) is 0 Å². The molecular weight excluding hydrogens is 194 g/mol. The molecule has 0 fully saturated rings. The topological polar surface area (TPSA) is 21.3 Å². The average molecular weight is 219 g/mol. The van der Waals surface area contributed by atoms with Crippen molar-refractivity contribution in [3.05, 3.63) is 0 Å². The maximum absolute atomic E-state index is 5.15. The summed E-state index contributed by atoms with van der Waals surface area (Å²) in [6.45, 7) is 7.49. The summed E-state index contributed by atoms with van der Waals surface area (Å²) in [4.78, 5) is 0. The van der Waals surface area contributed by atoms with Crippen LogP contribution in [0.5, 0.6) is 0 Å². The standard InChI is InChI=1S/C11H25NOS/c1-5-11(9-13-4)12-10(3)7-8-14-6-2/h10-12H,5-9H2,1-4H3. The molecule has 3 heteroatoms. The highest BCUT2D eigenvalue weighted by molar-refractivity contribution is 7.99. The molecule has 0 bridgehead atoms. The molecule has 0 aliphatic heterocycles. The molecule has 86 valence electrons. The molecule has 0 saturated carbocycles. The maximum atomic E-state index is 5.15. The first kappa shape index (κ1) is 14.3. The fraction of sp³-hybridized carbons (Fsp3) is 1.00. The molecule has 0 heterocycles. The van der Waals surface area contributed by atoms with Gasteiger partial charge in [-0.25, -0.2) is 0 Å². The lowest BCUT2D eigenvalue weighted by molar-refractivity contribution is 0.159. The van der Waals surface area contributed by atoms with E-state index in [-0.39, 0.29) is 0 Å². The zero-order chi connectivity index (χ0) is 10.8. The molecule has 0 saturated heterocycles. The molecule has 0 aliphatic rings. The van der Waals surface area contributed by atoms with Crippen LogP contribution in [0.3, 0.4) is 0 Å². The van der Waals surface area contributed by atoms with E-state index in [1.165, 1.54) is 17.9 Å². The summed E-state index contributed by atoms with van der Waals surface area (Å²) in [7, 11) is 1.77. The van der Waals surface area contributed by atoms with Gasteiger partial charge in [-0.05, 0) is 31.3 Å². The monoisotopic (exact) mass is 219 g/mol. The predicted molar refractivity (Wildman–Crippen MR) is 66.2 cm³/mol. The smallest absolute Gasteiger partial charge is 0.0615 e. The maximum Gasteiger partial charge on any atom is 0.0615 e. The van der Waals surface area contributed by atoms with Crippen molar-refractivity contribution in [1.82, 2.24) is 5.32 Å². The van der Waals surface area contributed by atoms with Gasteiger partial charge in [-0.15, -0.1) is 0 Å². The Balaban J connectivity index is 3.51. The summed E-state index contributed by atoms with van der Waals surface area (Å²) < 4.78 is 5.15. The SMILES string of the molecule is CCSCCC(C)NC(CC)COC. The van der Waals surface area contributed by atoms with Crippen molar-refractivity contribution in [2.45, 2.75) is 45.7 Å². The highest BCUT2D eigenvalue weighted by Crippen LogP contribution is 2.05. The van der Waals surface area contributed by atoms with Crippen LogP contribution in [0.4, 0.5) is 0 Å². The number of methoxy groups -OCH3 is 1. The van der Waals surface area contributed by atoms with Gasteiger partial charge in [0, 0.05) is 19.2 Å². The highest BCUT2D eigenvalue weighted by atomic mass is 32.2. The van der Waals surface area contributed by atoms with Crippen molar-refractivity contribution in [1.29, 1.82) is 0 Å². The lowest BCUT2D eigenvalue weighted by atomic mass is 10.2. The zero-order valence-electron chi connectivity index (χ0n) is 10.0. The third kappa shape index (κ3) is 7.65. The van der Waals surface area contributed by atoms with Gasteiger partial charge in [0.25, 0.3) is 0 Å². The number of nitrogens with one attached hydrogen (secondary N) is 1. The lowest BCUT2D eigenvalue weighted by Gasteiger charge is -2.21. The van der Waals surface area contributed by atoms with Gasteiger partial charge in [0.1, 0.15) is 0 Å².